The molecule has 110 valence electrons. The van der Waals surface area contributed by atoms with E-state index in [1.165, 1.54) is 24.3 Å². The molecule has 2 aromatic carbocycles. The van der Waals surface area contributed by atoms with Crippen LogP contribution in [-0.4, -0.2) is 4.92 Å². The molecule has 2 rings (SSSR count). The van der Waals surface area contributed by atoms with Crippen molar-refractivity contribution in [3.8, 4) is 11.5 Å². The van der Waals surface area contributed by atoms with Crippen LogP contribution in [0.4, 0.5) is 10.1 Å². The van der Waals surface area contributed by atoms with Gasteiger partial charge in [0.25, 0.3) is 5.69 Å². The number of nitro groups is 1. The molecule has 0 aliphatic heterocycles. The first-order valence-corrected chi connectivity index (χ1v) is 6.43. The van der Waals surface area contributed by atoms with E-state index in [-0.39, 0.29) is 28.3 Å². The van der Waals surface area contributed by atoms with Crippen LogP contribution in [0.2, 0.25) is 5.02 Å². The highest BCUT2D eigenvalue weighted by molar-refractivity contribution is 6.32. The molecule has 0 aliphatic rings. The molecule has 0 amide bonds. The lowest BCUT2D eigenvalue weighted by molar-refractivity contribution is -0.384. The minimum absolute atomic E-state index is 0.0277. The fourth-order valence-electron chi connectivity index (χ4n) is 1.69. The van der Waals surface area contributed by atoms with Crippen LogP contribution in [0.5, 0.6) is 11.5 Å². The van der Waals surface area contributed by atoms with Crippen LogP contribution in [0.25, 0.3) is 0 Å². The molecule has 0 aliphatic carbocycles. The fourth-order valence-corrected chi connectivity index (χ4v) is 1.90. The number of nitro benzene ring substituents is 1. The minimum Gasteiger partial charge on any atom is -0.453 e. The predicted octanol–water partition coefficient (Wildman–Crippen LogP) is 4.20. The number of hydrogen-bond acceptors (Lipinski definition) is 4. The van der Waals surface area contributed by atoms with Crippen molar-refractivity contribution in [2.45, 2.75) is 13.0 Å². The maximum Gasteiger partial charge on any atom is 0.271 e. The zero-order chi connectivity index (χ0) is 15.6. The third-order valence-corrected chi connectivity index (χ3v) is 3.12. The first-order valence-electron chi connectivity index (χ1n) is 6.05. The fraction of sp³-hybridized carbons (Fsp3) is 0.143. The first kappa shape index (κ1) is 15.2. The Labute approximate surface area is 125 Å². The van der Waals surface area contributed by atoms with Gasteiger partial charge in [0.2, 0.25) is 0 Å². The maximum atomic E-state index is 13.9. The molecule has 0 radical (unpaired) electrons. The standard InChI is InChI=1S/C14H12ClFN2O3/c1-8(17)9-2-4-14(12(16)6-9)21-13-5-3-10(18(19)20)7-11(13)15/h2-8H,17H2,1H3/t8-/m1/s1. The molecule has 2 N–H and O–H groups in total. The molecule has 7 heteroatoms. The van der Waals surface area contributed by atoms with Gasteiger partial charge in [-0.15, -0.1) is 0 Å². The van der Waals surface area contributed by atoms with Crippen molar-refractivity contribution in [3.05, 3.63) is 62.9 Å². The molecule has 5 nitrogen and oxygen atoms in total. The van der Waals surface area contributed by atoms with Crippen LogP contribution in [0.1, 0.15) is 18.5 Å². The average molecular weight is 311 g/mol. The molecule has 0 saturated heterocycles. The molecule has 0 aromatic heterocycles. The van der Waals surface area contributed by atoms with Gasteiger partial charge in [-0.25, -0.2) is 4.39 Å². The summed E-state index contributed by atoms with van der Waals surface area (Å²) in [6.07, 6.45) is 0. The number of benzene rings is 2. The molecule has 2 aromatic rings. The Morgan fingerprint density at radius 2 is 1.95 bits per heavy atom. The number of hydrogen-bond donors (Lipinski definition) is 1. The highest BCUT2D eigenvalue weighted by atomic mass is 35.5. The zero-order valence-electron chi connectivity index (χ0n) is 11.0. The lowest BCUT2D eigenvalue weighted by Crippen LogP contribution is -2.05. The van der Waals surface area contributed by atoms with Crippen molar-refractivity contribution in [3.63, 3.8) is 0 Å². The van der Waals surface area contributed by atoms with Gasteiger partial charge in [-0.1, -0.05) is 17.7 Å². The SMILES string of the molecule is C[C@@H](N)c1ccc(Oc2ccc([N+](=O)[O-])cc2Cl)c(F)c1. The van der Waals surface area contributed by atoms with E-state index in [2.05, 4.69) is 0 Å². The third-order valence-electron chi connectivity index (χ3n) is 2.83. The lowest BCUT2D eigenvalue weighted by atomic mass is 10.1. The summed E-state index contributed by atoms with van der Waals surface area (Å²) in [6.45, 7) is 1.74. The average Bonchev–Trinajstić information content (AvgIpc) is 2.42. The predicted molar refractivity (Wildman–Crippen MR) is 77.2 cm³/mol. The Kier molecular flexibility index (Phi) is 4.40. The Morgan fingerprint density at radius 3 is 2.48 bits per heavy atom. The van der Waals surface area contributed by atoms with Crippen molar-refractivity contribution >= 4 is 17.3 Å². The number of ether oxygens (including phenoxy) is 1. The van der Waals surface area contributed by atoms with Gasteiger partial charge in [-0.3, -0.25) is 10.1 Å². The van der Waals surface area contributed by atoms with Gasteiger partial charge in [0, 0.05) is 18.2 Å². The lowest BCUT2D eigenvalue weighted by Gasteiger charge is -2.11. The van der Waals surface area contributed by atoms with E-state index in [9.17, 15) is 14.5 Å². The number of nitrogens with two attached hydrogens (primary N) is 1. The molecule has 0 spiro atoms. The first-order chi connectivity index (χ1) is 9.88. The summed E-state index contributed by atoms with van der Waals surface area (Å²) in [6, 6.07) is 7.75. The molecular weight excluding hydrogens is 299 g/mol. The summed E-state index contributed by atoms with van der Waals surface area (Å²) >= 11 is 5.89. The van der Waals surface area contributed by atoms with Crippen molar-refractivity contribution < 1.29 is 14.1 Å². The van der Waals surface area contributed by atoms with Crippen LogP contribution in [-0.2, 0) is 0 Å². The second kappa shape index (κ2) is 6.07. The largest absolute Gasteiger partial charge is 0.453 e. The second-order valence-electron chi connectivity index (χ2n) is 4.45. The Morgan fingerprint density at radius 1 is 1.29 bits per heavy atom. The van der Waals surface area contributed by atoms with Crippen molar-refractivity contribution in [1.82, 2.24) is 0 Å². The number of halogens is 2. The Hall–Kier alpha value is -2.18. The molecule has 0 bridgehead atoms. The van der Waals surface area contributed by atoms with Gasteiger partial charge in [-0.05, 0) is 30.7 Å². The van der Waals surface area contributed by atoms with Crippen LogP contribution in [0.15, 0.2) is 36.4 Å². The van der Waals surface area contributed by atoms with Crippen molar-refractivity contribution in [2.75, 3.05) is 0 Å². The van der Waals surface area contributed by atoms with Gasteiger partial charge in [0.1, 0.15) is 5.75 Å². The molecule has 21 heavy (non-hydrogen) atoms. The van der Waals surface area contributed by atoms with Crippen molar-refractivity contribution in [2.24, 2.45) is 5.73 Å². The van der Waals surface area contributed by atoms with E-state index in [1.807, 2.05) is 0 Å². The summed E-state index contributed by atoms with van der Waals surface area (Å²) < 4.78 is 19.2. The monoisotopic (exact) mass is 310 g/mol. The summed E-state index contributed by atoms with van der Waals surface area (Å²) in [5.74, 6) is -0.482. The van der Waals surface area contributed by atoms with Gasteiger partial charge >= 0.3 is 0 Å². The zero-order valence-corrected chi connectivity index (χ0v) is 11.8. The van der Waals surface area contributed by atoms with Gasteiger partial charge < -0.3 is 10.5 Å². The van der Waals surface area contributed by atoms with E-state index in [0.717, 1.165) is 6.07 Å². The van der Waals surface area contributed by atoms with Gasteiger partial charge in [0.15, 0.2) is 11.6 Å². The number of non-ortho nitro benzene ring substituents is 1. The smallest absolute Gasteiger partial charge is 0.271 e. The molecule has 1 atom stereocenters. The topological polar surface area (TPSA) is 78.4 Å². The highest BCUT2D eigenvalue weighted by Gasteiger charge is 2.13. The quantitative estimate of drug-likeness (QED) is 0.678. The summed E-state index contributed by atoms with van der Waals surface area (Å²) in [7, 11) is 0. The second-order valence-corrected chi connectivity index (χ2v) is 4.86. The normalized spacial score (nSPS) is 12.0. The number of nitrogens with zero attached hydrogens (tertiary/aromatic N) is 1. The Balaban J connectivity index is 2.28. The molecular formula is C14H12ClFN2O3. The van der Waals surface area contributed by atoms with Crippen molar-refractivity contribution in [1.29, 1.82) is 0 Å². The van der Waals surface area contributed by atoms with Gasteiger partial charge in [0.05, 0.1) is 9.95 Å². The minimum atomic E-state index is -0.584. The maximum absolute atomic E-state index is 13.9. The molecule has 0 saturated carbocycles. The van der Waals surface area contributed by atoms with E-state index in [4.69, 9.17) is 22.1 Å². The number of rotatable bonds is 4. The van der Waals surface area contributed by atoms with E-state index in [1.54, 1.807) is 13.0 Å². The van der Waals surface area contributed by atoms with Crippen LogP contribution in [0.3, 0.4) is 0 Å². The van der Waals surface area contributed by atoms with Crippen LogP contribution >= 0.6 is 11.6 Å². The summed E-state index contributed by atoms with van der Waals surface area (Å²) in [4.78, 5) is 10.0. The summed E-state index contributed by atoms with van der Waals surface area (Å²) in [5, 5.41) is 10.6. The van der Waals surface area contributed by atoms with Gasteiger partial charge in [-0.2, -0.15) is 0 Å². The molecule has 0 heterocycles. The Bertz CT molecular complexity index is 692. The van der Waals surface area contributed by atoms with E-state index in [0.29, 0.717) is 5.56 Å². The van der Waals surface area contributed by atoms with E-state index < -0.39 is 10.7 Å². The highest BCUT2D eigenvalue weighted by Crippen LogP contribution is 2.33. The van der Waals surface area contributed by atoms with Crippen LogP contribution < -0.4 is 10.5 Å². The van der Waals surface area contributed by atoms with E-state index >= 15 is 0 Å². The summed E-state index contributed by atoms with van der Waals surface area (Å²) in [5.41, 5.74) is 6.13. The molecule has 0 fully saturated rings. The third kappa shape index (κ3) is 3.48. The molecule has 0 unspecified atom stereocenters. The van der Waals surface area contributed by atoms with Crippen LogP contribution in [0, 0.1) is 15.9 Å².